The number of carbonyl (C=O) groups is 1. The minimum atomic E-state index is -0.936. The van der Waals surface area contributed by atoms with E-state index in [2.05, 4.69) is 41.9 Å². The number of aromatic nitrogens is 2. The first kappa shape index (κ1) is 28.8. The lowest BCUT2D eigenvalue weighted by molar-refractivity contribution is -0.138. The van der Waals surface area contributed by atoms with Crippen molar-refractivity contribution in [1.82, 2.24) is 19.9 Å². The van der Waals surface area contributed by atoms with E-state index in [1.54, 1.807) is 23.3 Å². The van der Waals surface area contributed by atoms with Gasteiger partial charge in [-0.1, -0.05) is 25.9 Å². The zero-order chi connectivity index (χ0) is 27.1. The van der Waals surface area contributed by atoms with E-state index < -0.39 is 12.1 Å². The molecule has 0 aliphatic carbocycles. The van der Waals surface area contributed by atoms with E-state index in [1.165, 1.54) is 10.4 Å². The monoisotopic (exact) mass is 530 g/mol. The van der Waals surface area contributed by atoms with Crippen LogP contribution in [-0.4, -0.2) is 82.1 Å². The molecule has 9 nitrogen and oxygen atoms in total. The lowest BCUT2D eigenvalue weighted by Gasteiger charge is -2.21. The predicted octanol–water partition coefficient (Wildman–Crippen LogP) is 4.24. The van der Waals surface area contributed by atoms with Crippen LogP contribution in [0.1, 0.15) is 42.3 Å². The number of hydrogen-bond donors (Lipinski definition) is 2. The fourth-order valence-electron chi connectivity index (χ4n) is 4.21. The molecule has 202 valence electrons. The molecule has 3 rings (SSSR count). The van der Waals surface area contributed by atoms with Gasteiger partial charge >= 0.3 is 5.97 Å². The molecule has 0 radical (unpaired) electrons. The zero-order valence-electron chi connectivity index (χ0n) is 22.6. The van der Waals surface area contributed by atoms with E-state index in [0.717, 1.165) is 47.6 Å². The van der Waals surface area contributed by atoms with Crippen molar-refractivity contribution in [1.29, 1.82) is 0 Å². The maximum Gasteiger partial charge on any atom is 0.317 e. The number of rotatable bonds is 14. The number of aliphatic hydroxyl groups excluding tert-OH is 1. The Morgan fingerprint density at radius 2 is 1.89 bits per heavy atom. The Bertz CT molecular complexity index is 1190. The molecule has 1 aromatic carbocycles. The van der Waals surface area contributed by atoms with E-state index in [4.69, 9.17) is 14.4 Å². The van der Waals surface area contributed by atoms with Gasteiger partial charge in [-0.25, -0.2) is 0 Å². The summed E-state index contributed by atoms with van der Waals surface area (Å²) in [6.07, 6.45) is -0.0865. The maximum atomic E-state index is 10.8. The van der Waals surface area contributed by atoms with Crippen LogP contribution < -0.4 is 4.74 Å². The zero-order valence-corrected chi connectivity index (χ0v) is 23.4. The second-order valence-corrected chi connectivity index (χ2v) is 10.4. The summed E-state index contributed by atoms with van der Waals surface area (Å²) in [7, 11) is 1.65. The van der Waals surface area contributed by atoms with Crippen molar-refractivity contribution in [3.05, 3.63) is 39.8 Å². The molecule has 3 aromatic rings. The number of aliphatic carboxylic acids is 1. The summed E-state index contributed by atoms with van der Waals surface area (Å²) in [5.41, 5.74) is 3.95. The normalized spacial score (nSPS) is 12.5. The van der Waals surface area contributed by atoms with Gasteiger partial charge in [0.05, 0.1) is 11.4 Å². The standard InChI is InChI=1S/C27H38N4O5S/c1-7-19-12-20(10-18(5)25(19)35-16-21(32)13-30(6)15-24(33)34)26-28-27(36-29-26)22-11-17(4)23(37-22)14-31(8-2)9-3/h10-12,21,32H,7-9,13-16H2,1-6H3,(H,33,34)/t21-/m0/s1. The van der Waals surface area contributed by atoms with Gasteiger partial charge in [-0.05, 0) is 75.3 Å². The fraction of sp³-hybridized carbons (Fsp3) is 0.519. The first-order valence-corrected chi connectivity index (χ1v) is 13.5. The van der Waals surface area contributed by atoms with Crippen molar-refractivity contribution in [2.75, 3.05) is 39.8 Å². The van der Waals surface area contributed by atoms with Gasteiger partial charge in [-0.15, -0.1) is 11.3 Å². The number of nitrogens with zero attached hydrogens (tertiary/aromatic N) is 4. The van der Waals surface area contributed by atoms with Crippen LogP contribution in [0.3, 0.4) is 0 Å². The SMILES string of the molecule is CCc1cc(-c2noc(-c3cc(C)c(CN(CC)CC)s3)n2)cc(C)c1OC[C@@H](O)CN(C)CC(=O)O. The summed E-state index contributed by atoms with van der Waals surface area (Å²) in [6, 6.07) is 6.06. The molecule has 2 N–H and O–H groups in total. The molecule has 37 heavy (non-hydrogen) atoms. The molecule has 0 saturated heterocycles. The molecule has 2 heterocycles. The third-order valence-electron chi connectivity index (χ3n) is 6.26. The Kier molecular flexibility index (Phi) is 10.2. The second kappa shape index (κ2) is 13.1. The summed E-state index contributed by atoms with van der Waals surface area (Å²) in [5.74, 6) is 0.809. The predicted molar refractivity (Wildman–Crippen MR) is 145 cm³/mol. The molecule has 0 unspecified atom stereocenters. The third-order valence-corrected chi connectivity index (χ3v) is 7.47. The molecule has 0 aliphatic heterocycles. The van der Waals surface area contributed by atoms with Gasteiger partial charge in [-0.2, -0.15) is 4.98 Å². The lowest BCUT2D eigenvalue weighted by atomic mass is 10.0. The van der Waals surface area contributed by atoms with Crippen molar-refractivity contribution >= 4 is 17.3 Å². The number of ether oxygens (including phenoxy) is 1. The molecule has 0 amide bonds. The van der Waals surface area contributed by atoms with Crippen LogP contribution in [-0.2, 0) is 17.8 Å². The number of carboxylic acid groups (broad SMARTS) is 1. The summed E-state index contributed by atoms with van der Waals surface area (Å²) in [4.78, 5) is 21.7. The molecular formula is C27H38N4O5S. The van der Waals surface area contributed by atoms with E-state index in [0.29, 0.717) is 17.5 Å². The maximum absolute atomic E-state index is 10.8. The van der Waals surface area contributed by atoms with E-state index in [-0.39, 0.29) is 19.7 Å². The smallest absolute Gasteiger partial charge is 0.317 e. The van der Waals surface area contributed by atoms with E-state index in [1.807, 2.05) is 26.0 Å². The van der Waals surface area contributed by atoms with Crippen molar-refractivity contribution in [2.24, 2.45) is 0 Å². The number of thiophene rings is 1. The summed E-state index contributed by atoms with van der Waals surface area (Å²) in [6.45, 7) is 13.5. The molecule has 0 aliphatic rings. The summed E-state index contributed by atoms with van der Waals surface area (Å²) in [5, 5.41) is 23.4. The van der Waals surface area contributed by atoms with Crippen molar-refractivity contribution in [3.63, 3.8) is 0 Å². The topological polar surface area (TPSA) is 112 Å². The molecule has 0 bridgehead atoms. The molecule has 10 heteroatoms. The number of aryl methyl sites for hydroxylation is 3. The first-order chi connectivity index (χ1) is 17.6. The van der Waals surface area contributed by atoms with Crippen molar-refractivity contribution in [2.45, 2.75) is 53.7 Å². The third kappa shape index (κ3) is 7.61. The van der Waals surface area contributed by atoms with Crippen LogP contribution >= 0.6 is 11.3 Å². The van der Waals surface area contributed by atoms with Crippen LogP contribution in [0.25, 0.3) is 22.2 Å². The van der Waals surface area contributed by atoms with Crippen molar-refractivity contribution < 1.29 is 24.3 Å². The fourth-order valence-corrected chi connectivity index (χ4v) is 5.34. The highest BCUT2D eigenvalue weighted by Crippen LogP contribution is 2.34. The second-order valence-electron chi connectivity index (χ2n) is 9.29. The number of likely N-dealkylation sites (N-methyl/N-ethyl adjacent to an activating group) is 1. The van der Waals surface area contributed by atoms with Gasteiger partial charge in [0, 0.05) is 23.5 Å². The summed E-state index contributed by atoms with van der Waals surface area (Å²) < 4.78 is 11.6. The number of aliphatic hydroxyl groups is 1. The molecule has 0 saturated carbocycles. The number of carboxylic acids is 1. The van der Waals surface area contributed by atoms with Gasteiger partial charge in [0.1, 0.15) is 18.5 Å². The van der Waals surface area contributed by atoms with Gasteiger partial charge in [0.25, 0.3) is 5.89 Å². The molecule has 1 atom stereocenters. The van der Waals surface area contributed by atoms with Gasteiger partial charge < -0.3 is 19.5 Å². The van der Waals surface area contributed by atoms with E-state index >= 15 is 0 Å². The van der Waals surface area contributed by atoms with Gasteiger partial charge in [0.15, 0.2) is 0 Å². The molecule has 0 spiro atoms. The Balaban J connectivity index is 1.74. The Morgan fingerprint density at radius 1 is 1.16 bits per heavy atom. The van der Waals surface area contributed by atoms with Crippen LogP contribution in [0.4, 0.5) is 0 Å². The van der Waals surface area contributed by atoms with Gasteiger partial charge in [0.2, 0.25) is 5.82 Å². The van der Waals surface area contributed by atoms with Gasteiger partial charge in [-0.3, -0.25) is 14.6 Å². The quantitative estimate of drug-likeness (QED) is 0.316. The Hall–Kier alpha value is -2.79. The average Bonchev–Trinajstić information content (AvgIpc) is 3.47. The van der Waals surface area contributed by atoms with E-state index in [9.17, 15) is 9.90 Å². The highest BCUT2D eigenvalue weighted by atomic mass is 32.1. The van der Waals surface area contributed by atoms with Crippen LogP contribution in [0, 0.1) is 13.8 Å². The molecule has 0 fully saturated rings. The van der Waals surface area contributed by atoms with Crippen LogP contribution in [0.5, 0.6) is 5.75 Å². The Morgan fingerprint density at radius 3 is 2.54 bits per heavy atom. The average molecular weight is 531 g/mol. The highest BCUT2D eigenvalue weighted by Gasteiger charge is 2.19. The Labute approximate surface area is 222 Å². The molecular weight excluding hydrogens is 492 g/mol. The minimum absolute atomic E-state index is 0.0665. The lowest BCUT2D eigenvalue weighted by Crippen LogP contribution is -2.36. The minimum Gasteiger partial charge on any atom is -0.490 e. The number of hydrogen-bond acceptors (Lipinski definition) is 9. The van der Waals surface area contributed by atoms with Crippen molar-refractivity contribution in [3.8, 4) is 27.9 Å². The highest BCUT2D eigenvalue weighted by molar-refractivity contribution is 7.15. The largest absolute Gasteiger partial charge is 0.490 e. The molecule has 2 aromatic heterocycles. The van der Waals surface area contributed by atoms with Crippen LogP contribution in [0.15, 0.2) is 22.7 Å². The van der Waals surface area contributed by atoms with Crippen LogP contribution in [0.2, 0.25) is 0 Å². The summed E-state index contributed by atoms with van der Waals surface area (Å²) >= 11 is 1.69. The number of benzene rings is 1. The first-order valence-electron chi connectivity index (χ1n) is 12.7.